The molecule has 2 N–H and O–H groups in total. The average molecular weight is 305 g/mol. The molecule has 0 aliphatic carbocycles. The molecular formula is C10H13BrN2O4. The number of aliphatic hydroxyl groups excluding tert-OH is 2. The highest BCUT2D eigenvalue weighted by molar-refractivity contribution is 9.10. The maximum absolute atomic E-state index is 10.6. The van der Waals surface area contributed by atoms with E-state index in [1.807, 2.05) is 0 Å². The van der Waals surface area contributed by atoms with Crippen molar-refractivity contribution in [3.63, 3.8) is 0 Å². The van der Waals surface area contributed by atoms with Crippen LogP contribution in [0.4, 0.5) is 11.4 Å². The first-order valence-electron chi connectivity index (χ1n) is 5.00. The van der Waals surface area contributed by atoms with Crippen molar-refractivity contribution in [3.05, 3.63) is 32.8 Å². The van der Waals surface area contributed by atoms with E-state index in [1.165, 1.54) is 12.1 Å². The van der Waals surface area contributed by atoms with E-state index in [9.17, 15) is 10.1 Å². The zero-order valence-electron chi connectivity index (χ0n) is 9.04. The van der Waals surface area contributed by atoms with Crippen LogP contribution in [0, 0.1) is 10.1 Å². The van der Waals surface area contributed by atoms with E-state index in [1.54, 1.807) is 11.0 Å². The lowest BCUT2D eigenvalue weighted by Crippen LogP contribution is -2.29. The molecule has 0 saturated heterocycles. The van der Waals surface area contributed by atoms with Crippen molar-refractivity contribution < 1.29 is 15.1 Å². The summed E-state index contributed by atoms with van der Waals surface area (Å²) < 4.78 is 0.564. The molecule has 0 aliphatic rings. The summed E-state index contributed by atoms with van der Waals surface area (Å²) in [5.41, 5.74) is 0.701. The van der Waals surface area contributed by atoms with Crippen LogP contribution in [0.3, 0.4) is 0 Å². The Bertz CT molecular complexity index is 394. The van der Waals surface area contributed by atoms with Gasteiger partial charge in [-0.1, -0.05) is 0 Å². The third kappa shape index (κ3) is 3.65. The Hall–Kier alpha value is -1.18. The summed E-state index contributed by atoms with van der Waals surface area (Å²) in [4.78, 5) is 11.8. The first-order valence-corrected chi connectivity index (χ1v) is 5.80. The maximum Gasteiger partial charge on any atom is 0.270 e. The Balaban J connectivity index is 2.99. The van der Waals surface area contributed by atoms with E-state index in [4.69, 9.17) is 10.2 Å². The molecule has 0 heterocycles. The third-order valence-corrected chi connectivity index (χ3v) is 2.86. The number of hydrogen-bond donors (Lipinski definition) is 2. The number of aliphatic hydroxyl groups is 2. The van der Waals surface area contributed by atoms with Gasteiger partial charge in [-0.15, -0.1) is 0 Å². The number of nitrogens with zero attached hydrogens (tertiary/aromatic N) is 2. The van der Waals surface area contributed by atoms with E-state index in [2.05, 4.69) is 15.9 Å². The number of benzene rings is 1. The molecule has 0 fully saturated rings. The second kappa shape index (κ2) is 6.53. The van der Waals surface area contributed by atoms with Gasteiger partial charge in [0.2, 0.25) is 0 Å². The number of halogens is 1. The number of non-ortho nitro benzene ring substituents is 1. The Kier molecular flexibility index (Phi) is 5.33. The van der Waals surface area contributed by atoms with Gasteiger partial charge in [0.05, 0.1) is 23.8 Å². The largest absolute Gasteiger partial charge is 0.395 e. The quantitative estimate of drug-likeness (QED) is 0.608. The van der Waals surface area contributed by atoms with Crippen molar-refractivity contribution >= 4 is 27.3 Å². The van der Waals surface area contributed by atoms with Gasteiger partial charge < -0.3 is 15.1 Å². The predicted octanol–water partition coefficient (Wildman–Crippen LogP) is 1.15. The van der Waals surface area contributed by atoms with Gasteiger partial charge >= 0.3 is 0 Å². The Morgan fingerprint density at radius 1 is 1.29 bits per heavy atom. The van der Waals surface area contributed by atoms with Crippen molar-refractivity contribution in [2.24, 2.45) is 0 Å². The summed E-state index contributed by atoms with van der Waals surface area (Å²) in [5.74, 6) is 0. The van der Waals surface area contributed by atoms with E-state index < -0.39 is 4.92 Å². The van der Waals surface area contributed by atoms with Crippen LogP contribution >= 0.6 is 15.9 Å². The molecule has 17 heavy (non-hydrogen) atoms. The van der Waals surface area contributed by atoms with Gasteiger partial charge in [-0.05, 0) is 22.0 Å². The molecule has 94 valence electrons. The zero-order valence-corrected chi connectivity index (χ0v) is 10.6. The normalized spacial score (nSPS) is 10.3. The van der Waals surface area contributed by atoms with Gasteiger partial charge in [-0.3, -0.25) is 10.1 Å². The van der Waals surface area contributed by atoms with Crippen molar-refractivity contribution in [2.75, 3.05) is 31.2 Å². The summed E-state index contributed by atoms with van der Waals surface area (Å²) in [6.07, 6.45) is 0. The summed E-state index contributed by atoms with van der Waals surface area (Å²) in [7, 11) is 0. The summed E-state index contributed by atoms with van der Waals surface area (Å²) >= 11 is 3.25. The lowest BCUT2D eigenvalue weighted by Gasteiger charge is -2.23. The molecule has 0 saturated carbocycles. The fourth-order valence-electron chi connectivity index (χ4n) is 1.46. The molecule has 0 amide bonds. The minimum Gasteiger partial charge on any atom is -0.395 e. The van der Waals surface area contributed by atoms with Crippen molar-refractivity contribution in [1.29, 1.82) is 0 Å². The van der Waals surface area contributed by atoms with Crippen LogP contribution in [-0.2, 0) is 0 Å². The third-order valence-electron chi connectivity index (χ3n) is 2.22. The van der Waals surface area contributed by atoms with E-state index >= 15 is 0 Å². The highest BCUT2D eigenvalue weighted by Gasteiger charge is 2.13. The predicted molar refractivity (Wildman–Crippen MR) is 67.2 cm³/mol. The van der Waals surface area contributed by atoms with E-state index in [-0.39, 0.29) is 18.9 Å². The average Bonchev–Trinajstić information content (AvgIpc) is 2.28. The highest BCUT2D eigenvalue weighted by Crippen LogP contribution is 2.29. The monoisotopic (exact) mass is 304 g/mol. The molecule has 0 atom stereocenters. The molecule has 0 unspecified atom stereocenters. The standard InChI is InChI=1S/C10H13BrN2O4/c11-9-7-8(13(16)17)1-2-10(9)12(3-5-14)4-6-15/h1-2,7,14-15H,3-6H2. The van der Waals surface area contributed by atoms with Crippen molar-refractivity contribution in [3.8, 4) is 0 Å². The van der Waals surface area contributed by atoms with Crippen LogP contribution in [0.25, 0.3) is 0 Å². The first-order chi connectivity index (χ1) is 8.10. The molecule has 0 radical (unpaired) electrons. The van der Waals surface area contributed by atoms with Crippen LogP contribution in [0.2, 0.25) is 0 Å². The SMILES string of the molecule is O=[N+]([O-])c1ccc(N(CCO)CCO)c(Br)c1. The summed E-state index contributed by atoms with van der Waals surface area (Å²) in [6.45, 7) is 0.612. The molecule has 0 aromatic heterocycles. The fourth-order valence-corrected chi connectivity index (χ4v) is 2.08. The molecule has 1 aromatic rings. The number of rotatable bonds is 6. The van der Waals surface area contributed by atoms with Crippen LogP contribution in [0.5, 0.6) is 0 Å². The molecular weight excluding hydrogens is 292 g/mol. The molecule has 6 nitrogen and oxygen atoms in total. The van der Waals surface area contributed by atoms with Crippen LogP contribution < -0.4 is 4.90 Å². The van der Waals surface area contributed by atoms with Gasteiger partial charge in [0.15, 0.2) is 0 Å². The van der Waals surface area contributed by atoms with Gasteiger partial charge in [0.25, 0.3) is 5.69 Å². The minimum atomic E-state index is -0.475. The molecule has 7 heteroatoms. The van der Waals surface area contributed by atoms with E-state index in [0.717, 1.165) is 0 Å². The number of hydrogen-bond acceptors (Lipinski definition) is 5. The van der Waals surface area contributed by atoms with E-state index in [0.29, 0.717) is 23.2 Å². The second-order valence-electron chi connectivity index (χ2n) is 3.33. The van der Waals surface area contributed by atoms with Gasteiger partial charge in [-0.25, -0.2) is 0 Å². The number of nitro groups is 1. The molecule has 0 aliphatic heterocycles. The first kappa shape index (κ1) is 13.9. The molecule has 0 bridgehead atoms. The molecule has 1 aromatic carbocycles. The fraction of sp³-hybridized carbons (Fsp3) is 0.400. The maximum atomic E-state index is 10.6. The van der Waals surface area contributed by atoms with Crippen molar-refractivity contribution in [2.45, 2.75) is 0 Å². The Morgan fingerprint density at radius 2 is 1.88 bits per heavy atom. The van der Waals surface area contributed by atoms with Crippen LogP contribution in [0.15, 0.2) is 22.7 Å². The van der Waals surface area contributed by atoms with Crippen molar-refractivity contribution in [1.82, 2.24) is 0 Å². The Morgan fingerprint density at radius 3 is 2.29 bits per heavy atom. The smallest absolute Gasteiger partial charge is 0.270 e. The topological polar surface area (TPSA) is 86.8 Å². The van der Waals surface area contributed by atoms with Gasteiger partial charge in [0, 0.05) is 29.7 Å². The highest BCUT2D eigenvalue weighted by atomic mass is 79.9. The number of anilines is 1. The van der Waals surface area contributed by atoms with Crippen LogP contribution in [-0.4, -0.2) is 41.4 Å². The summed E-state index contributed by atoms with van der Waals surface area (Å²) in [5, 5.41) is 28.4. The number of nitro benzene ring substituents is 1. The summed E-state index contributed by atoms with van der Waals surface area (Å²) in [6, 6.07) is 4.38. The molecule has 1 rings (SSSR count). The van der Waals surface area contributed by atoms with Crippen LogP contribution in [0.1, 0.15) is 0 Å². The molecule has 0 spiro atoms. The zero-order chi connectivity index (χ0) is 12.8. The van der Waals surface area contributed by atoms with Gasteiger partial charge in [0.1, 0.15) is 0 Å². The Labute approximate surface area is 107 Å². The second-order valence-corrected chi connectivity index (χ2v) is 4.18. The minimum absolute atomic E-state index is 0.00595. The van der Waals surface area contributed by atoms with Gasteiger partial charge in [-0.2, -0.15) is 0 Å². The lowest BCUT2D eigenvalue weighted by molar-refractivity contribution is -0.384. The lowest BCUT2D eigenvalue weighted by atomic mass is 10.2.